The second-order valence-electron chi connectivity index (χ2n) is 2.52. The van der Waals surface area contributed by atoms with E-state index in [0.29, 0.717) is 5.75 Å². The van der Waals surface area contributed by atoms with Crippen molar-refractivity contribution in [1.82, 2.24) is 4.90 Å². The molecule has 0 saturated carbocycles. The zero-order chi connectivity index (χ0) is 7.98. The van der Waals surface area contributed by atoms with E-state index in [2.05, 4.69) is 0 Å². The molecule has 0 aliphatic carbocycles. The maximum atomic E-state index is 10.0. The predicted molar refractivity (Wildman–Crippen MR) is 41.6 cm³/mol. The zero-order valence-electron chi connectivity index (χ0n) is 6.50. The minimum atomic E-state index is -1.85. The highest BCUT2D eigenvalue weighted by molar-refractivity contribution is 7.79. The Morgan fingerprint density at radius 1 is 1.40 bits per heavy atom. The fourth-order valence-corrected chi connectivity index (χ4v) is 1.09. The largest absolute Gasteiger partial charge is 0.772 e. The number of hydrogen-bond acceptors (Lipinski definition) is 3. The third-order valence-corrected chi connectivity index (χ3v) is 1.79. The summed E-state index contributed by atoms with van der Waals surface area (Å²) in [6.45, 7) is 0.969. The summed E-state index contributed by atoms with van der Waals surface area (Å²) >= 11 is -1.85. The number of nitrogens with zero attached hydrogens (tertiary/aromatic N) is 1. The van der Waals surface area contributed by atoms with Gasteiger partial charge in [0.15, 0.2) is 0 Å². The van der Waals surface area contributed by atoms with Gasteiger partial charge in [0.05, 0.1) is 0 Å². The van der Waals surface area contributed by atoms with E-state index in [4.69, 9.17) is 0 Å². The molecule has 10 heavy (non-hydrogen) atoms. The van der Waals surface area contributed by atoms with E-state index in [9.17, 15) is 8.76 Å². The van der Waals surface area contributed by atoms with Gasteiger partial charge in [-0.25, -0.2) is 0 Å². The molecular formula is C6H14NO2S-. The van der Waals surface area contributed by atoms with Gasteiger partial charge < -0.3 is 9.45 Å². The van der Waals surface area contributed by atoms with Crippen LogP contribution in [0.5, 0.6) is 0 Å². The minimum Gasteiger partial charge on any atom is -0.772 e. The van der Waals surface area contributed by atoms with Crippen LogP contribution in [0.15, 0.2) is 0 Å². The maximum absolute atomic E-state index is 10.0. The Morgan fingerprint density at radius 2 is 2.00 bits per heavy atom. The summed E-state index contributed by atoms with van der Waals surface area (Å²) < 4.78 is 20.1. The van der Waals surface area contributed by atoms with Crippen molar-refractivity contribution in [2.45, 2.75) is 12.8 Å². The first-order valence-electron chi connectivity index (χ1n) is 3.33. The van der Waals surface area contributed by atoms with Crippen molar-refractivity contribution in [3.8, 4) is 0 Å². The van der Waals surface area contributed by atoms with E-state index in [-0.39, 0.29) is 0 Å². The Bertz CT molecular complexity index is 106. The van der Waals surface area contributed by atoms with Gasteiger partial charge in [0.1, 0.15) is 0 Å². The molecule has 0 fully saturated rings. The molecule has 0 heterocycles. The van der Waals surface area contributed by atoms with Crippen molar-refractivity contribution in [2.24, 2.45) is 0 Å². The van der Waals surface area contributed by atoms with Crippen molar-refractivity contribution in [2.75, 3.05) is 26.4 Å². The van der Waals surface area contributed by atoms with E-state index >= 15 is 0 Å². The Kier molecular flexibility index (Phi) is 5.87. The first-order valence-corrected chi connectivity index (χ1v) is 4.58. The Morgan fingerprint density at radius 3 is 2.40 bits per heavy atom. The van der Waals surface area contributed by atoms with E-state index < -0.39 is 11.1 Å². The number of hydrogen-bond donors (Lipinski definition) is 0. The summed E-state index contributed by atoms with van der Waals surface area (Å²) in [6, 6.07) is 0. The van der Waals surface area contributed by atoms with E-state index in [1.165, 1.54) is 0 Å². The molecule has 0 amide bonds. The van der Waals surface area contributed by atoms with Gasteiger partial charge in [-0.15, -0.1) is 0 Å². The molecule has 0 aliphatic heterocycles. The molecule has 0 N–H and O–H groups in total. The first kappa shape index (κ1) is 10.1. The lowest BCUT2D eigenvalue weighted by atomic mass is 10.3. The van der Waals surface area contributed by atoms with Gasteiger partial charge in [0.2, 0.25) is 0 Å². The number of unbranched alkanes of at least 4 members (excludes halogenated alkanes) is 1. The monoisotopic (exact) mass is 164 g/mol. The SMILES string of the molecule is CN(C)CCCCS(=O)[O-]. The third kappa shape index (κ3) is 8.07. The minimum absolute atomic E-state index is 0.299. The van der Waals surface area contributed by atoms with Crippen LogP contribution < -0.4 is 0 Å². The summed E-state index contributed by atoms with van der Waals surface area (Å²) in [5.41, 5.74) is 0. The van der Waals surface area contributed by atoms with Crippen LogP contribution in [0.4, 0.5) is 0 Å². The highest BCUT2D eigenvalue weighted by Gasteiger charge is 1.90. The van der Waals surface area contributed by atoms with Crippen molar-refractivity contribution in [3.05, 3.63) is 0 Å². The zero-order valence-corrected chi connectivity index (χ0v) is 7.32. The van der Waals surface area contributed by atoms with Gasteiger partial charge in [0.25, 0.3) is 0 Å². The molecule has 0 saturated heterocycles. The summed E-state index contributed by atoms with van der Waals surface area (Å²) in [4.78, 5) is 2.05. The van der Waals surface area contributed by atoms with Crippen LogP contribution >= 0.6 is 0 Å². The maximum Gasteiger partial charge on any atom is 0.0102 e. The molecule has 0 rings (SSSR count). The van der Waals surface area contributed by atoms with Crippen LogP contribution in [0.25, 0.3) is 0 Å². The second kappa shape index (κ2) is 5.82. The van der Waals surface area contributed by atoms with Gasteiger partial charge in [-0.05, 0) is 33.5 Å². The Labute approximate surface area is 64.7 Å². The normalized spacial score (nSPS) is 14.0. The second-order valence-corrected chi connectivity index (χ2v) is 3.53. The summed E-state index contributed by atoms with van der Waals surface area (Å²) in [6.07, 6.45) is 1.73. The van der Waals surface area contributed by atoms with E-state index in [1.807, 2.05) is 19.0 Å². The summed E-state index contributed by atoms with van der Waals surface area (Å²) in [5, 5.41) is 0. The molecule has 0 aromatic carbocycles. The molecule has 4 heteroatoms. The molecule has 0 bridgehead atoms. The molecule has 1 unspecified atom stereocenters. The van der Waals surface area contributed by atoms with Gasteiger partial charge >= 0.3 is 0 Å². The van der Waals surface area contributed by atoms with Crippen LogP contribution in [-0.2, 0) is 11.1 Å². The average Bonchev–Trinajstić information content (AvgIpc) is 1.79. The third-order valence-electron chi connectivity index (χ3n) is 1.17. The first-order chi connectivity index (χ1) is 4.63. The van der Waals surface area contributed by atoms with E-state index in [1.54, 1.807) is 0 Å². The Hall–Kier alpha value is 0.0700. The molecule has 0 aromatic heterocycles. The smallest absolute Gasteiger partial charge is 0.0102 e. The Balaban J connectivity index is 2.98. The van der Waals surface area contributed by atoms with Gasteiger partial charge in [0, 0.05) is 5.75 Å². The fraction of sp³-hybridized carbons (Fsp3) is 1.00. The standard InChI is InChI=1S/C6H15NO2S/c1-7(2)5-3-4-6-10(8)9/h3-6H2,1-2H3,(H,8,9)/p-1. The highest BCUT2D eigenvalue weighted by atomic mass is 32.2. The highest BCUT2D eigenvalue weighted by Crippen LogP contribution is 1.91. The topological polar surface area (TPSA) is 43.4 Å². The lowest BCUT2D eigenvalue weighted by Crippen LogP contribution is -2.13. The van der Waals surface area contributed by atoms with Crippen LogP contribution in [0.3, 0.4) is 0 Å². The summed E-state index contributed by atoms with van der Waals surface area (Å²) in [5.74, 6) is 0.299. The lowest BCUT2D eigenvalue weighted by Gasteiger charge is -2.09. The average molecular weight is 164 g/mol. The van der Waals surface area contributed by atoms with E-state index in [0.717, 1.165) is 19.4 Å². The lowest BCUT2D eigenvalue weighted by molar-refractivity contribution is 0.397. The molecule has 0 aliphatic rings. The molecule has 3 nitrogen and oxygen atoms in total. The van der Waals surface area contributed by atoms with Gasteiger partial charge in [-0.2, -0.15) is 0 Å². The van der Waals surface area contributed by atoms with Crippen LogP contribution in [0, 0.1) is 0 Å². The molecular weight excluding hydrogens is 150 g/mol. The van der Waals surface area contributed by atoms with Crippen molar-refractivity contribution >= 4 is 11.1 Å². The van der Waals surface area contributed by atoms with Crippen LogP contribution in [0.2, 0.25) is 0 Å². The molecule has 1 atom stereocenters. The molecule has 0 spiro atoms. The van der Waals surface area contributed by atoms with Gasteiger partial charge in [-0.1, -0.05) is 11.1 Å². The number of rotatable bonds is 5. The van der Waals surface area contributed by atoms with Crippen LogP contribution in [-0.4, -0.2) is 40.1 Å². The van der Waals surface area contributed by atoms with Crippen molar-refractivity contribution in [1.29, 1.82) is 0 Å². The fourth-order valence-electron chi connectivity index (χ4n) is 0.648. The van der Waals surface area contributed by atoms with Crippen LogP contribution in [0.1, 0.15) is 12.8 Å². The van der Waals surface area contributed by atoms with Crippen molar-refractivity contribution < 1.29 is 8.76 Å². The predicted octanol–water partition coefficient (Wildman–Crippen LogP) is 0.207. The van der Waals surface area contributed by atoms with Crippen molar-refractivity contribution in [3.63, 3.8) is 0 Å². The summed E-state index contributed by atoms with van der Waals surface area (Å²) in [7, 11) is 3.96. The molecule has 62 valence electrons. The molecule has 0 aromatic rings. The van der Waals surface area contributed by atoms with Gasteiger partial charge in [-0.3, -0.25) is 4.21 Å². The molecule has 0 radical (unpaired) electrons. The quantitative estimate of drug-likeness (QED) is 0.431.